The van der Waals surface area contributed by atoms with Gasteiger partial charge in [-0.15, -0.1) is 0 Å². The summed E-state index contributed by atoms with van der Waals surface area (Å²) in [5, 5.41) is 0. The lowest BCUT2D eigenvalue weighted by Crippen LogP contribution is -1.95. The Morgan fingerprint density at radius 3 is 2.38 bits per heavy atom. The number of pyridine rings is 2. The van der Waals surface area contributed by atoms with Crippen molar-refractivity contribution in [3.63, 3.8) is 0 Å². The summed E-state index contributed by atoms with van der Waals surface area (Å²) in [6, 6.07) is 6.26. The van der Waals surface area contributed by atoms with Crippen molar-refractivity contribution in [2.75, 3.05) is 0 Å². The molecule has 2 heteroatoms. The molecule has 0 spiro atoms. The molecule has 0 saturated heterocycles. The van der Waals surface area contributed by atoms with Crippen LogP contribution in [0.15, 0.2) is 24.4 Å². The average Bonchev–Trinajstić information content (AvgIpc) is 2.25. The minimum absolute atomic E-state index is 1.03. The summed E-state index contributed by atoms with van der Waals surface area (Å²) in [6.07, 6.45) is 1.91. The number of rotatable bonds is 1. The van der Waals surface area contributed by atoms with Crippen LogP contribution in [0.2, 0.25) is 0 Å². The molecule has 0 atom stereocenters. The van der Waals surface area contributed by atoms with Crippen molar-refractivity contribution in [3.05, 3.63) is 46.9 Å². The normalized spacial score (nSPS) is 10.5. The zero-order valence-corrected chi connectivity index (χ0v) is 10.2. The molecule has 0 amide bonds. The van der Waals surface area contributed by atoms with Crippen molar-refractivity contribution in [2.24, 2.45) is 0 Å². The van der Waals surface area contributed by atoms with Crippen LogP contribution in [0.1, 0.15) is 22.5 Å². The highest BCUT2D eigenvalue weighted by molar-refractivity contribution is 5.66. The lowest BCUT2D eigenvalue weighted by molar-refractivity contribution is 1.13. The largest absolute Gasteiger partial charge is 0.261 e. The Balaban J connectivity index is 2.66. The number of aromatic nitrogens is 2. The summed E-state index contributed by atoms with van der Waals surface area (Å²) in [7, 11) is 0. The van der Waals surface area contributed by atoms with Gasteiger partial charge in [-0.25, -0.2) is 0 Å². The Hall–Kier alpha value is -1.70. The monoisotopic (exact) mass is 212 g/mol. The van der Waals surface area contributed by atoms with Gasteiger partial charge in [-0.3, -0.25) is 9.97 Å². The van der Waals surface area contributed by atoms with Gasteiger partial charge in [0.25, 0.3) is 0 Å². The maximum Gasteiger partial charge on any atom is 0.0738 e. The average molecular weight is 212 g/mol. The first kappa shape index (κ1) is 10.8. The van der Waals surface area contributed by atoms with Gasteiger partial charge in [0.1, 0.15) is 0 Å². The second-order valence-electron chi connectivity index (χ2n) is 4.26. The summed E-state index contributed by atoms with van der Waals surface area (Å²) in [5.74, 6) is 0. The first-order valence-electron chi connectivity index (χ1n) is 5.46. The highest BCUT2D eigenvalue weighted by atomic mass is 14.7. The van der Waals surface area contributed by atoms with Gasteiger partial charge < -0.3 is 0 Å². The van der Waals surface area contributed by atoms with Gasteiger partial charge in [-0.05, 0) is 51.0 Å². The molecule has 0 saturated carbocycles. The highest BCUT2D eigenvalue weighted by Crippen LogP contribution is 2.24. The van der Waals surface area contributed by atoms with E-state index >= 15 is 0 Å². The van der Waals surface area contributed by atoms with Gasteiger partial charge in [0.05, 0.1) is 5.69 Å². The SMILES string of the molecule is Cc1cc(-c2nc(C)ccc2C)c(C)cn1. The van der Waals surface area contributed by atoms with Crippen molar-refractivity contribution in [2.45, 2.75) is 27.7 Å². The van der Waals surface area contributed by atoms with E-state index in [1.54, 1.807) is 0 Å². The number of hydrogen-bond donors (Lipinski definition) is 0. The van der Waals surface area contributed by atoms with E-state index in [0.717, 1.165) is 17.1 Å². The van der Waals surface area contributed by atoms with E-state index in [0.29, 0.717) is 0 Å². The Labute approximate surface area is 96.4 Å². The number of aryl methyl sites for hydroxylation is 4. The van der Waals surface area contributed by atoms with E-state index in [9.17, 15) is 0 Å². The maximum atomic E-state index is 4.62. The lowest BCUT2D eigenvalue weighted by atomic mass is 10.0. The van der Waals surface area contributed by atoms with E-state index in [-0.39, 0.29) is 0 Å². The minimum Gasteiger partial charge on any atom is -0.261 e. The molecule has 82 valence electrons. The lowest BCUT2D eigenvalue weighted by Gasteiger charge is -2.09. The first-order valence-corrected chi connectivity index (χ1v) is 5.46. The molecule has 0 bridgehead atoms. The Bertz CT molecular complexity index is 481. The molecule has 0 aliphatic rings. The van der Waals surface area contributed by atoms with Gasteiger partial charge in [-0.2, -0.15) is 0 Å². The van der Waals surface area contributed by atoms with Gasteiger partial charge in [0, 0.05) is 23.1 Å². The molecule has 0 unspecified atom stereocenters. The summed E-state index contributed by atoms with van der Waals surface area (Å²) in [6.45, 7) is 8.20. The molecule has 0 aliphatic heterocycles. The fourth-order valence-electron chi connectivity index (χ4n) is 1.78. The molecule has 2 nitrogen and oxygen atoms in total. The van der Waals surface area contributed by atoms with Crippen LogP contribution in [0.4, 0.5) is 0 Å². The Kier molecular flexibility index (Phi) is 2.73. The van der Waals surface area contributed by atoms with Crippen LogP contribution in [0.5, 0.6) is 0 Å². The zero-order chi connectivity index (χ0) is 11.7. The quantitative estimate of drug-likeness (QED) is 0.724. The van der Waals surface area contributed by atoms with Crippen molar-refractivity contribution in [3.8, 4) is 11.3 Å². The molecular formula is C14H16N2. The van der Waals surface area contributed by atoms with Crippen LogP contribution in [0.3, 0.4) is 0 Å². The number of nitrogens with zero attached hydrogens (tertiary/aromatic N) is 2. The standard InChI is InChI=1S/C14H16N2/c1-9-5-6-11(3)16-14(9)13-7-12(4)15-8-10(13)2/h5-8H,1-4H3. The van der Waals surface area contributed by atoms with Crippen LogP contribution in [0.25, 0.3) is 11.3 Å². The van der Waals surface area contributed by atoms with Crippen LogP contribution in [-0.2, 0) is 0 Å². The Morgan fingerprint density at radius 1 is 0.875 bits per heavy atom. The molecule has 2 aromatic heterocycles. The summed E-state index contributed by atoms with van der Waals surface area (Å²) >= 11 is 0. The summed E-state index contributed by atoms with van der Waals surface area (Å²) in [4.78, 5) is 8.91. The fourth-order valence-corrected chi connectivity index (χ4v) is 1.78. The Morgan fingerprint density at radius 2 is 1.62 bits per heavy atom. The second-order valence-corrected chi connectivity index (χ2v) is 4.26. The predicted octanol–water partition coefficient (Wildman–Crippen LogP) is 3.38. The molecule has 2 rings (SSSR count). The van der Waals surface area contributed by atoms with Crippen molar-refractivity contribution < 1.29 is 0 Å². The van der Waals surface area contributed by atoms with Crippen LogP contribution < -0.4 is 0 Å². The first-order chi connectivity index (χ1) is 7.58. The van der Waals surface area contributed by atoms with E-state index in [1.165, 1.54) is 16.7 Å². The predicted molar refractivity (Wildman–Crippen MR) is 66.4 cm³/mol. The molecule has 0 aliphatic carbocycles. The van der Waals surface area contributed by atoms with Gasteiger partial charge in [0.15, 0.2) is 0 Å². The third-order valence-electron chi connectivity index (χ3n) is 2.73. The molecule has 0 N–H and O–H groups in total. The third kappa shape index (κ3) is 1.96. The molecule has 2 aromatic rings. The maximum absolute atomic E-state index is 4.62. The molecule has 2 heterocycles. The zero-order valence-electron chi connectivity index (χ0n) is 10.2. The van der Waals surface area contributed by atoms with E-state index in [2.05, 4.69) is 35.9 Å². The van der Waals surface area contributed by atoms with Crippen LogP contribution in [-0.4, -0.2) is 9.97 Å². The van der Waals surface area contributed by atoms with E-state index in [1.807, 2.05) is 26.1 Å². The van der Waals surface area contributed by atoms with Crippen LogP contribution in [0, 0.1) is 27.7 Å². The van der Waals surface area contributed by atoms with Crippen molar-refractivity contribution >= 4 is 0 Å². The molecule has 0 aromatic carbocycles. The third-order valence-corrected chi connectivity index (χ3v) is 2.73. The second kappa shape index (κ2) is 4.05. The van der Waals surface area contributed by atoms with Crippen molar-refractivity contribution in [1.82, 2.24) is 9.97 Å². The van der Waals surface area contributed by atoms with Gasteiger partial charge in [0.2, 0.25) is 0 Å². The van der Waals surface area contributed by atoms with Gasteiger partial charge >= 0.3 is 0 Å². The highest BCUT2D eigenvalue weighted by Gasteiger charge is 2.07. The van der Waals surface area contributed by atoms with Gasteiger partial charge in [-0.1, -0.05) is 6.07 Å². The minimum atomic E-state index is 1.03. The molecular weight excluding hydrogens is 196 g/mol. The topological polar surface area (TPSA) is 25.8 Å². The fraction of sp³-hybridized carbons (Fsp3) is 0.286. The smallest absolute Gasteiger partial charge is 0.0738 e. The molecule has 0 radical (unpaired) electrons. The van der Waals surface area contributed by atoms with Crippen LogP contribution >= 0.6 is 0 Å². The van der Waals surface area contributed by atoms with E-state index < -0.39 is 0 Å². The summed E-state index contributed by atoms with van der Waals surface area (Å²) < 4.78 is 0. The molecule has 16 heavy (non-hydrogen) atoms. The van der Waals surface area contributed by atoms with E-state index in [4.69, 9.17) is 0 Å². The molecule has 0 fully saturated rings. The summed E-state index contributed by atoms with van der Waals surface area (Å²) in [5.41, 5.74) is 6.72. The van der Waals surface area contributed by atoms with Crippen molar-refractivity contribution in [1.29, 1.82) is 0 Å². The number of hydrogen-bond acceptors (Lipinski definition) is 2.